The van der Waals surface area contributed by atoms with Crippen LogP contribution in [0, 0.1) is 5.92 Å². The molecule has 154 valence electrons. The molecule has 4 rings (SSSR count). The summed E-state index contributed by atoms with van der Waals surface area (Å²) in [5.74, 6) is 0.685. The average molecular weight is 477 g/mol. The van der Waals surface area contributed by atoms with E-state index in [4.69, 9.17) is 11.6 Å². The molecule has 2 aliphatic rings. The first kappa shape index (κ1) is 20.7. The summed E-state index contributed by atoms with van der Waals surface area (Å²) in [7, 11) is 1.93. The minimum absolute atomic E-state index is 0.0990. The van der Waals surface area contributed by atoms with Gasteiger partial charge in [-0.15, -0.1) is 0 Å². The van der Waals surface area contributed by atoms with Gasteiger partial charge in [-0.2, -0.15) is 0 Å². The molecule has 2 saturated heterocycles. The number of likely N-dealkylation sites (N-methyl/N-ethyl adjacent to an activating group) is 1. The van der Waals surface area contributed by atoms with Crippen molar-refractivity contribution < 1.29 is 4.79 Å². The number of benzene rings is 2. The Bertz CT molecular complexity index is 854. The van der Waals surface area contributed by atoms with Gasteiger partial charge >= 0.3 is 6.03 Å². The molecule has 1 unspecified atom stereocenters. The van der Waals surface area contributed by atoms with Gasteiger partial charge in [0.2, 0.25) is 0 Å². The monoisotopic (exact) mass is 475 g/mol. The van der Waals surface area contributed by atoms with Gasteiger partial charge in [0.25, 0.3) is 0 Å². The van der Waals surface area contributed by atoms with Crippen LogP contribution in [0.2, 0.25) is 5.02 Å². The lowest BCUT2D eigenvalue weighted by atomic mass is 9.90. The summed E-state index contributed by atoms with van der Waals surface area (Å²) in [5.41, 5.74) is 2.29. The van der Waals surface area contributed by atoms with Gasteiger partial charge in [-0.3, -0.25) is 4.90 Å². The number of para-hydroxylation sites is 1. The minimum Gasteiger partial charge on any atom is -0.321 e. The molecule has 2 aromatic rings. The van der Waals surface area contributed by atoms with Crippen molar-refractivity contribution in [1.29, 1.82) is 0 Å². The second-order valence-corrected chi connectivity index (χ2v) is 9.47. The van der Waals surface area contributed by atoms with Crippen molar-refractivity contribution in [2.75, 3.05) is 38.1 Å². The molecule has 0 spiro atoms. The van der Waals surface area contributed by atoms with Gasteiger partial charge in [0.1, 0.15) is 0 Å². The van der Waals surface area contributed by atoms with Crippen molar-refractivity contribution in [2.45, 2.75) is 25.3 Å². The first-order valence-corrected chi connectivity index (χ1v) is 11.4. The van der Waals surface area contributed by atoms with Crippen LogP contribution in [0.3, 0.4) is 0 Å². The van der Waals surface area contributed by atoms with Crippen molar-refractivity contribution in [3.8, 4) is 0 Å². The summed E-state index contributed by atoms with van der Waals surface area (Å²) < 4.78 is 1.15. The van der Waals surface area contributed by atoms with Gasteiger partial charge in [0.05, 0.1) is 6.04 Å². The number of piperidine rings is 1. The quantitative estimate of drug-likeness (QED) is 0.586. The smallest absolute Gasteiger partial charge is 0.321 e. The molecule has 0 radical (unpaired) electrons. The van der Waals surface area contributed by atoms with Gasteiger partial charge in [-0.1, -0.05) is 45.7 Å². The number of carbonyl (C=O) groups is 1. The second kappa shape index (κ2) is 9.07. The highest BCUT2D eigenvalue weighted by atomic mass is 79.9. The number of hydrogen-bond donors (Lipinski definition) is 0. The SMILES string of the molecule is CN1C(=O)N(c2ccccc2)CC1CN1CCC(Cc2cc(Cl)ccc2Br)CC1. The van der Waals surface area contributed by atoms with E-state index in [0.717, 1.165) is 47.8 Å². The summed E-state index contributed by atoms with van der Waals surface area (Å²) in [6, 6.07) is 16.4. The Morgan fingerprint density at radius 2 is 1.83 bits per heavy atom. The van der Waals surface area contributed by atoms with Crippen LogP contribution in [0.1, 0.15) is 18.4 Å². The molecule has 2 fully saturated rings. The van der Waals surface area contributed by atoms with E-state index in [0.29, 0.717) is 5.92 Å². The van der Waals surface area contributed by atoms with Gasteiger partial charge in [0, 0.05) is 35.3 Å². The summed E-state index contributed by atoms with van der Waals surface area (Å²) in [6.45, 7) is 3.88. The van der Waals surface area contributed by atoms with E-state index in [2.05, 4.69) is 26.9 Å². The van der Waals surface area contributed by atoms with E-state index in [1.54, 1.807) is 0 Å². The highest BCUT2D eigenvalue weighted by Gasteiger charge is 2.36. The maximum atomic E-state index is 12.7. The lowest BCUT2D eigenvalue weighted by molar-refractivity contribution is 0.149. The van der Waals surface area contributed by atoms with E-state index in [1.807, 2.05) is 59.3 Å². The Morgan fingerprint density at radius 3 is 2.55 bits per heavy atom. The summed E-state index contributed by atoms with van der Waals surface area (Å²) >= 11 is 9.82. The van der Waals surface area contributed by atoms with Crippen LogP contribution < -0.4 is 4.90 Å². The number of anilines is 1. The number of carbonyl (C=O) groups excluding carboxylic acids is 1. The number of rotatable bonds is 5. The predicted octanol–water partition coefficient (Wildman–Crippen LogP) is 5.30. The molecule has 0 aromatic heterocycles. The molecule has 1 atom stereocenters. The van der Waals surface area contributed by atoms with Crippen LogP contribution >= 0.6 is 27.5 Å². The molecule has 0 aliphatic carbocycles. The van der Waals surface area contributed by atoms with E-state index in [1.165, 1.54) is 18.4 Å². The van der Waals surface area contributed by atoms with Crippen LogP contribution in [0.15, 0.2) is 53.0 Å². The van der Waals surface area contributed by atoms with Crippen LogP contribution in [0.25, 0.3) is 0 Å². The lowest BCUT2D eigenvalue weighted by Crippen LogP contribution is -2.44. The molecule has 2 aliphatic heterocycles. The molecular formula is C23H27BrClN3O. The van der Waals surface area contributed by atoms with Gasteiger partial charge in [0.15, 0.2) is 0 Å². The number of nitrogens with zero attached hydrogens (tertiary/aromatic N) is 3. The molecule has 29 heavy (non-hydrogen) atoms. The number of urea groups is 1. The highest BCUT2D eigenvalue weighted by molar-refractivity contribution is 9.10. The van der Waals surface area contributed by atoms with E-state index in [-0.39, 0.29) is 12.1 Å². The van der Waals surface area contributed by atoms with Crippen molar-refractivity contribution in [2.24, 2.45) is 5.92 Å². The Labute approximate surface area is 186 Å². The molecule has 2 amide bonds. The highest BCUT2D eigenvalue weighted by Crippen LogP contribution is 2.29. The zero-order valence-corrected chi connectivity index (χ0v) is 19.1. The zero-order chi connectivity index (χ0) is 20.4. The van der Waals surface area contributed by atoms with Crippen molar-refractivity contribution in [1.82, 2.24) is 9.80 Å². The first-order chi connectivity index (χ1) is 14.0. The summed E-state index contributed by atoms with van der Waals surface area (Å²) in [6.07, 6.45) is 3.44. The zero-order valence-electron chi connectivity index (χ0n) is 16.7. The maximum absolute atomic E-state index is 12.7. The van der Waals surface area contributed by atoms with E-state index < -0.39 is 0 Å². The number of likely N-dealkylation sites (tertiary alicyclic amines) is 1. The normalized spacial score (nSPS) is 21.2. The Hall–Kier alpha value is -1.56. The van der Waals surface area contributed by atoms with Crippen molar-refractivity contribution in [3.05, 3.63) is 63.6 Å². The van der Waals surface area contributed by atoms with Gasteiger partial charge in [-0.05, 0) is 74.2 Å². The second-order valence-electron chi connectivity index (χ2n) is 8.18. The summed E-state index contributed by atoms with van der Waals surface area (Å²) in [5, 5.41) is 0.803. The molecule has 0 N–H and O–H groups in total. The van der Waals surface area contributed by atoms with Crippen molar-refractivity contribution in [3.63, 3.8) is 0 Å². The topological polar surface area (TPSA) is 26.8 Å². The van der Waals surface area contributed by atoms with Gasteiger partial charge in [-0.25, -0.2) is 4.79 Å². The van der Waals surface area contributed by atoms with Gasteiger partial charge < -0.3 is 9.80 Å². The van der Waals surface area contributed by atoms with E-state index in [9.17, 15) is 4.79 Å². The largest absolute Gasteiger partial charge is 0.324 e. The third-order valence-corrected chi connectivity index (χ3v) is 7.24. The molecule has 2 heterocycles. The fraction of sp³-hybridized carbons (Fsp3) is 0.435. The maximum Gasteiger partial charge on any atom is 0.324 e. The number of amides is 2. The minimum atomic E-state index is 0.0990. The Kier molecular flexibility index (Phi) is 6.47. The number of halogens is 2. The van der Waals surface area contributed by atoms with Crippen molar-refractivity contribution >= 4 is 39.2 Å². The molecule has 6 heteroatoms. The predicted molar refractivity (Wildman–Crippen MR) is 123 cm³/mol. The molecule has 4 nitrogen and oxygen atoms in total. The first-order valence-electron chi connectivity index (χ1n) is 10.3. The number of hydrogen-bond acceptors (Lipinski definition) is 2. The standard InChI is InChI=1S/C23H27BrClN3O/c1-26-21(16-28(23(26)29)20-5-3-2-4-6-20)15-27-11-9-17(10-12-27)13-18-14-19(25)7-8-22(18)24/h2-8,14,17,21H,9-13,15-16H2,1H3. The third-order valence-electron chi connectivity index (χ3n) is 6.23. The van der Waals surface area contributed by atoms with Crippen LogP contribution in [0.4, 0.5) is 10.5 Å². The molecule has 2 aromatic carbocycles. The Balaban J connectivity index is 1.30. The fourth-order valence-corrected chi connectivity index (χ4v) is 5.05. The fourth-order valence-electron chi connectivity index (χ4n) is 4.44. The molecule has 0 saturated carbocycles. The third kappa shape index (κ3) is 4.79. The molecular weight excluding hydrogens is 450 g/mol. The Morgan fingerprint density at radius 1 is 1.10 bits per heavy atom. The van der Waals surface area contributed by atoms with Crippen LogP contribution in [-0.2, 0) is 6.42 Å². The van der Waals surface area contributed by atoms with Crippen LogP contribution in [0.5, 0.6) is 0 Å². The average Bonchev–Trinajstić information content (AvgIpc) is 3.01. The lowest BCUT2D eigenvalue weighted by Gasteiger charge is -2.34. The van der Waals surface area contributed by atoms with Crippen LogP contribution in [-0.4, -0.2) is 55.1 Å². The summed E-state index contributed by atoms with van der Waals surface area (Å²) in [4.78, 5) is 19.0. The molecule has 0 bridgehead atoms. The van der Waals surface area contributed by atoms with E-state index >= 15 is 0 Å².